The Labute approximate surface area is 205 Å². The summed E-state index contributed by atoms with van der Waals surface area (Å²) in [4.78, 5) is 21.4. The molecule has 0 bridgehead atoms. The van der Waals surface area contributed by atoms with Crippen LogP contribution in [0.4, 0.5) is 43.4 Å². The number of hydrogen-bond donors (Lipinski definition) is 2. The average molecular weight is 534 g/mol. The van der Waals surface area contributed by atoms with Crippen molar-refractivity contribution in [3.63, 3.8) is 0 Å². The SMILES string of the molecule is Cc1nc(Nc2ncc(-c3ccc(C(F)(F)F)c(C(F)(F)F)c3)s2)nc(N2CCN(CCO)CC2)n1. The maximum Gasteiger partial charge on any atom is 0.417 e. The zero-order valence-electron chi connectivity index (χ0n) is 18.9. The summed E-state index contributed by atoms with van der Waals surface area (Å²) in [5, 5.41) is 12.2. The van der Waals surface area contributed by atoms with Crippen molar-refractivity contribution < 1.29 is 31.4 Å². The summed E-state index contributed by atoms with van der Waals surface area (Å²) < 4.78 is 79.0. The fourth-order valence-electron chi connectivity index (χ4n) is 3.72. The van der Waals surface area contributed by atoms with Crippen LogP contribution in [0.25, 0.3) is 10.4 Å². The molecule has 1 aliphatic heterocycles. The van der Waals surface area contributed by atoms with Gasteiger partial charge in [-0.05, 0) is 24.6 Å². The summed E-state index contributed by atoms with van der Waals surface area (Å²) in [5.41, 5.74) is -3.55. The van der Waals surface area contributed by atoms with E-state index in [1.165, 1.54) is 6.20 Å². The quantitative estimate of drug-likeness (QED) is 0.456. The van der Waals surface area contributed by atoms with E-state index in [0.29, 0.717) is 43.5 Å². The lowest BCUT2D eigenvalue weighted by Crippen LogP contribution is -2.47. The lowest BCUT2D eigenvalue weighted by atomic mass is 10.0. The molecule has 3 heterocycles. The third-order valence-electron chi connectivity index (χ3n) is 5.45. The Balaban J connectivity index is 1.53. The molecular weight excluding hydrogens is 512 g/mol. The number of anilines is 3. The van der Waals surface area contributed by atoms with Gasteiger partial charge in [0.05, 0.1) is 22.6 Å². The molecular formula is C21H21F6N7OS. The number of thiazole rings is 1. The zero-order chi connectivity index (χ0) is 26.1. The van der Waals surface area contributed by atoms with Gasteiger partial charge in [-0.15, -0.1) is 0 Å². The molecule has 0 amide bonds. The number of piperazine rings is 1. The minimum Gasteiger partial charge on any atom is -0.395 e. The van der Waals surface area contributed by atoms with E-state index < -0.39 is 23.5 Å². The molecule has 1 aromatic carbocycles. The van der Waals surface area contributed by atoms with Gasteiger partial charge >= 0.3 is 12.4 Å². The molecule has 8 nitrogen and oxygen atoms in total. The summed E-state index contributed by atoms with van der Waals surface area (Å²) in [7, 11) is 0. The molecule has 194 valence electrons. The molecule has 0 atom stereocenters. The number of aliphatic hydroxyl groups is 1. The standard InChI is InChI=1S/C21H21F6N7OS/c1-12-29-17(31-18(30-12)34-6-4-33(5-7-34)8-9-35)32-19-28-11-16(36-19)13-2-3-14(20(22,23)24)15(10-13)21(25,26)27/h2-3,10-11,35H,4-9H2,1H3,(H,28,29,30,31,32). The molecule has 4 rings (SSSR count). The molecule has 3 aromatic rings. The van der Waals surface area contributed by atoms with Crippen LogP contribution in [0.15, 0.2) is 24.4 Å². The summed E-state index contributed by atoms with van der Waals surface area (Å²) >= 11 is 0.951. The summed E-state index contributed by atoms with van der Waals surface area (Å²) in [6.45, 7) is 5.13. The van der Waals surface area contributed by atoms with Crippen molar-refractivity contribution >= 4 is 28.4 Å². The van der Waals surface area contributed by atoms with E-state index in [2.05, 4.69) is 30.2 Å². The van der Waals surface area contributed by atoms with Crippen LogP contribution < -0.4 is 10.2 Å². The number of nitrogens with one attached hydrogen (secondary N) is 1. The van der Waals surface area contributed by atoms with Gasteiger partial charge in [0.2, 0.25) is 11.9 Å². The van der Waals surface area contributed by atoms with Crippen molar-refractivity contribution in [2.75, 3.05) is 49.5 Å². The Morgan fingerprint density at radius 2 is 1.67 bits per heavy atom. The normalized spacial score (nSPS) is 15.4. The van der Waals surface area contributed by atoms with Crippen LogP contribution in [0, 0.1) is 6.92 Å². The van der Waals surface area contributed by atoms with Gasteiger partial charge in [0.15, 0.2) is 5.13 Å². The third kappa shape index (κ3) is 6.02. The van der Waals surface area contributed by atoms with E-state index in [1.807, 2.05) is 4.90 Å². The van der Waals surface area contributed by atoms with Crippen molar-refractivity contribution in [3.8, 4) is 10.4 Å². The Morgan fingerprint density at radius 1 is 0.972 bits per heavy atom. The number of aliphatic hydroxyl groups excluding tert-OH is 1. The minimum absolute atomic E-state index is 0.0471. The monoisotopic (exact) mass is 533 g/mol. The molecule has 0 radical (unpaired) electrons. The highest BCUT2D eigenvalue weighted by Gasteiger charge is 2.43. The second kappa shape index (κ2) is 10.1. The highest BCUT2D eigenvalue weighted by atomic mass is 32.1. The summed E-state index contributed by atoms with van der Waals surface area (Å²) in [5.74, 6) is 1.07. The number of hydrogen-bond acceptors (Lipinski definition) is 9. The highest BCUT2D eigenvalue weighted by Crippen LogP contribution is 2.42. The van der Waals surface area contributed by atoms with E-state index in [0.717, 1.165) is 30.5 Å². The van der Waals surface area contributed by atoms with Gasteiger partial charge in [-0.1, -0.05) is 17.4 Å². The lowest BCUT2D eigenvalue weighted by molar-refractivity contribution is -0.162. The molecule has 15 heteroatoms. The van der Waals surface area contributed by atoms with Crippen molar-refractivity contribution in [3.05, 3.63) is 41.3 Å². The number of benzene rings is 1. The molecule has 2 aromatic heterocycles. The molecule has 0 aliphatic carbocycles. The Kier molecular flexibility index (Phi) is 7.33. The first kappa shape index (κ1) is 26.0. The Bertz CT molecular complexity index is 1210. The van der Waals surface area contributed by atoms with E-state index in [1.54, 1.807) is 6.92 Å². The van der Waals surface area contributed by atoms with E-state index in [4.69, 9.17) is 5.11 Å². The molecule has 0 spiro atoms. The first-order valence-electron chi connectivity index (χ1n) is 10.8. The number of alkyl halides is 6. The largest absolute Gasteiger partial charge is 0.417 e. The highest BCUT2D eigenvalue weighted by molar-refractivity contribution is 7.18. The predicted octanol–water partition coefficient (Wildman–Crippen LogP) is 4.20. The number of halogens is 6. The van der Waals surface area contributed by atoms with Crippen molar-refractivity contribution in [1.29, 1.82) is 0 Å². The van der Waals surface area contributed by atoms with Crippen LogP contribution in [0.1, 0.15) is 17.0 Å². The molecule has 1 aliphatic rings. The smallest absolute Gasteiger partial charge is 0.395 e. The lowest BCUT2D eigenvalue weighted by Gasteiger charge is -2.34. The molecule has 0 unspecified atom stereocenters. The fourth-order valence-corrected chi connectivity index (χ4v) is 4.52. The number of aryl methyl sites for hydroxylation is 1. The van der Waals surface area contributed by atoms with Gasteiger partial charge in [0, 0.05) is 38.9 Å². The van der Waals surface area contributed by atoms with Crippen LogP contribution in [0.3, 0.4) is 0 Å². The van der Waals surface area contributed by atoms with Gasteiger partial charge in [0.1, 0.15) is 5.82 Å². The van der Waals surface area contributed by atoms with Gasteiger partial charge in [-0.25, -0.2) is 4.98 Å². The Morgan fingerprint density at radius 3 is 2.31 bits per heavy atom. The molecule has 2 N–H and O–H groups in total. The van der Waals surface area contributed by atoms with Gasteiger partial charge in [-0.3, -0.25) is 10.2 Å². The molecule has 1 fully saturated rings. The van der Waals surface area contributed by atoms with E-state index in [9.17, 15) is 26.3 Å². The van der Waals surface area contributed by atoms with Gasteiger partial charge in [-0.2, -0.15) is 41.3 Å². The summed E-state index contributed by atoms with van der Waals surface area (Å²) in [6, 6.07) is 1.88. The first-order valence-corrected chi connectivity index (χ1v) is 11.6. The second-order valence-electron chi connectivity index (χ2n) is 7.97. The van der Waals surface area contributed by atoms with Crippen LogP contribution >= 0.6 is 11.3 Å². The Hall–Kier alpha value is -3.04. The van der Waals surface area contributed by atoms with E-state index in [-0.39, 0.29) is 28.1 Å². The van der Waals surface area contributed by atoms with Crippen LogP contribution in [-0.2, 0) is 12.4 Å². The van der Waals surface area contributed by atoms with Gasteiger partial charge in [0.25, 0.3) is 0 Å². The fraction of sp³-hybridized carbons (Fsp3) is 0.429. The average Bonchev–Trinajstić information content (AvgIpc) is 3.26. The number of β-amino-alcohol motifs (C(OH)–C–C–N with tert-alkyl or cyclic N) is 1. The molecule has 36 heavy (non-hydrogen) atoms. The van der Waals surface area contributed by atoms with Crippen molar-refractivity contribution in [2.45, 2.75) is 19.3 Å². The van der Waals surface area contributed by atoms with E-state index >= 15 is 0 Å². The maximum absolute atomic E-state index is 13.3. The topological polar surface area (TPSA) is 90.3 Å². The van der Waals surface area contributed by atoms with Crippen molar-refractivity contribution in [1.82, 2.24) is 24.8 Å². The molecule has 1 saturated heterocycles. The maximum atomic E-state index is 13.3. The zero-order valence-corrected chi connectivity index (χ0v) is 19.7. The van der Waals surface area contributed by atoms with Crippen LogP contribution in [0.2, 0.25) is 0 Å². The van der Waals surface area contributed by atoms with Crippen molar-refractivity contribution in [2.24, 2.45) is 0 Å². The second-order valence-corrected chi connectivity index (χ2v) is 9.00. The number of aromatic nitrogens is 4. The van der Waals surface area contributed by atoms with Crippen LogP contribution in [0.5, 0.6) is 0 Å². The molecule has 0 saturated carbocycles. The minimum atomic E-state index is -5.17. The first-order chi connectivity index (χ1) is 16.9. The summed E-state index contributed by atoms with van der Waals surface area (Å²) in [6.07, 6.45) is -9.04. The van der Waals surface area contributed by atoms with Gasteiger partial charge < -0.3 is 10.0 Å². The number of nitrogens with zero attached hydrogens (tertiary/aromatic N) is 6. The predicted molar refractivity (Wildman–Crippen MR) is 121 cm³/mol. The number of rotatable bonds is 6. The third-order valence-corrected chi connectivity index (χ3v) is 6.41. The van der Waals surface area contributed by atoms with Crippen LogP contribution in [-0.4, -0.2) is 69.3 Å².